The second-order valence-electron chi connectivity index (χ2n) is 10.0. The maximum absolute atomic E-state index is 13.2. The molecule has 1 aliphatic heterocycles. The first kappa shape index (κ1) is 31.6. The van der Waals surface area contributed by atoms with E-state index in [0.717, 1.165) is 4.90 Å². The lowest BCUT2D eigenvalue weighted by molar-refractivity contribution is -0.145. The van der Waals surface area contributed by atoms with Crippen molar-refractivity contribution in [1.29, 1.82) is 0 Å². The highest BCUT2D eigenvalue weighted by atomic mass is 16.6. The number of hydrogen-bond acceptors (Lipinski definition) is 7. The van der Waals surface area contributed by atoms with Crippen LogP contribution in [-0.4, -0.2) is 115 Å². The van der Waals surface area contributed by atoms with Crippen molar-refractivity contribution in [2.24, 2.45) is 0 Å². The second kappa shape index (κ2) is 14.3. The molecule has 1 N–H and O–H groups in total. The van der Waals surface area contributed by atoms with E-state index in [2.05, 4.69) is 5.32 Å². The zero-order valence-corrected chi connectivity index (χ0v) is 23.0. The molecule has 0 bridgehead atoms. The minimum absolute atomic E-state index is 0.152. The maximum atomic E-state index is 13.2. The minimum Gasteiger partial charge on any atom is -0.444 e. The normalized spacial score (nSPS) is 13.9. The van der Waals surface area contributed by atoms with Gasteiger partial charge in [-0.3, -0.25) is 28.9 Å². The molecule has 1 atom stereocenters. The van der Waals surface area contributed by atoms with Crippen molar-refractivity contribution in [3.05, 3.63) is 12.2 Å². The van der Waals surface area contributed by atoms with Gasteiger partial charge >= 0.3 is 6.09 Å². The number of carbonyl (C=O) groups is 6. The molecule has 12 nitrogen and oxygen atoms in total. The SMILES string of the molecule is CNC(=O)C[C@@H](C(=O)N(C)CCN(C)C(=O)OC(C)(C)C)N(C)C(=O)CCCCCN1C(=O)C=CC1=O. The summed E-state index contributed by atoms with van der Waals surface area (Å²) in [5, 5.41) is 2.48. The Bertz CT molecular complexity index is 878. The van der Waals surface area contributed by atoms with E-state index in [4.69, 9.17) is 4.74 Å². The maximum Gasteiger partial charge on any atom is 0.410 e. The molecule has 0 saturated carbocycles. The summed E-state index contributed by atoms with van der Waals surface area (Å²) in [5.74, 6) is -1.77. The molecule has 12 heteroatoms. The topological polar surface area (TPSA) is 137 Å². The largest absolute Gasteiger partial charge is 0.444 e. The molecule has 1 aliphatic rings. The third kappa shape index (κ3) is 10.6. The van der Waals surface area contributed by atoms with Gasteiger partial charge in [-0.25, -0.2) is 4.79 Å². The first-order chi connectivity index (χ1) is 17.2. The van der Waals surface area contributed by atoms with Crippen molar-refractivity contribution in [3.63, 3.8) is 0 Å². The van der Waals surface area contributed by atoms with E-state index in [1.807, 2.05) is 0 Å². The Balaban J connectivity index is 2.63. The Morgan fingerprint density at radius 1 is 0.946 bits per heavy atom. The molecule has 0 radical (unpaired) electrons. The number of nitrogens with zero attached hydrogens (tertiary/aromatic N) is 4. The molecule has 37 heavy (non-hydrogen) atoms. The summed E-state index contributed by atoms with van der Waals surface area (Å²) in [4.78, 5) is 78.6. The van der Waals surface area contributed by atoms with Gasteiger partial charge in [-0.2, -0.15) is 0 Å². The van der Waals surface area contributed by atoms with Crippen LogP contribution in [0.2, 0.25) is 0 Å². The van der Waals surface area contributed by atoms with E-state index in [1.54, 1.807) is 34.9 Å². The molecule has 0 aromatic heterocycles. The van der Waals surface area contributed by atoms with Gasteiger partial charge < -0.3 is 24.8 Å². The molecule has 0 unspecified atom stereocenters. The van der Waals surface area contributed by atoms with E-state index < -0.39 is 23.6 Å². The summed E-state index contributed by atoms with van der Waals surface area (Å²) in [6.45, 7) is 5.96. The molecule has 0 aromatic rings. The number of unbranched alkanes of at least 4 members (excludes halogenated alkanes) is 2. The Morgan fingerprint density at radius 3 is 2.05 bits per heavy atom. The predicted molar refractivity (Wildman–Crippen MR) is 136 cm³/mol. The van der Waals surface area contributed by atoms with Gasteiger partial charge in [0.1, 0.15) is 11.6 Å². The molecule has 0 spiro atoms. The van der Waals surface area contributed by atoms with Crippen LogP contribution in [0.5, 0.6) is 0 Å². The molecule has 1 rings (SSSR count). The zero-order valence-electron chi connectivity index (χ0n) is 23.0. The third-order valence-corrected chi connectivity index (χ3v) is 5.83. The average molecular weight is 524 g/mol. The standard InChI is InChI=1S/C25H41N5O7/c1-25(2,3)37-24(36)28(6)16-15-27(5)23(35)18(17-19(31)26-4)29(7)20(32)11-9-8-10-14-30-21(33)12-13-22(30)34/h12-13,18H,8-11,14-17H2,1-7H3,(H,26,31)/t18-/m0/s1. The van der Waals surface area contributed by atoms with E-state index >= 15 is 0 Å². The monoisotopic (exact) mass is 523 g/mol. The summed E-state index contributed by atoms with van der Waals surface area (Å²) in [5.41, 5.74) is -0.644. The lowest BCUT2D eigenvalue weighted by Crippen LogP contribution is -2.51. The van der Waals surface area contributed by atoms with Gasteiger partial charge in [0.05, 0.1) is 6.42 Å². The number of carbonyl (C=O) groups excluding carboxylic acids is 6. The number of hydrogen-bond donors (Lipinski definition) is 1. The Hall–Kier alpha value is -3.44. The Labute approximate surface area is 218 Å². The lowest BCUT2D eigenvalue weighted by Gasteiger charge is -2.31. The van der Waals surface area contributed by atoms with Gasteiger partial charge in [0.15, 0.2) is 0 Å². The fraction of sp³-hybridized carbons (Fsp3) is 0.680. The van der Waals surface area contributed by atoms with Gasteiger partial charge in [0.25, 0.3) is 11.8 Å². The van der Waals surface area contributed by atoms with Crippen LogP contribution < -0.4 is 5.32 Å². The minimum atomic E-state index is -1.00. The molecule has 208 valence electrons. The zero-order chi connectivity index (χ0) is 28.3. The number of nitrogens with one attached hydrogen (secondary N) is 1. The first-order valence-corrected chi connectivity index (χ1v) is 12.4. The molecular formula is C25H41N5O7. The van der Waals surface area contributed by atoms with Crippen molar-refractivity contribution < 1.29 is 33.5 Å². The summed E-state index contributed by atoms with van der Waals surface area (Å²) in [6, 6.07) is -1.00. The average Bonchev–Trinajstić information content (AvgIpc) is 3.15. The highest BCUT2D eigenvalue weighted by Gasteiger charge is 2.31. The van der Waals surface area contributed by atoms with Crippen molar-refractivity contribution in [3.8, 4) is 0 Å². The van der Waals surface area contributed by atoms with Gasteiger partial charge in [-0.1, -0.05) is 6.42 Å². The summed E-state index contributed by atoms with van der Waals surface area (Å²) in [7, 11) is 6.06. The molecule has 1 heterocycles. The summed E-state index contributed by atoms with van der Waals surface area (Å²) in [6.07, 6.45) is 3.58. The molecule has 6 amide bonds. The number of rotatable bonds is 13. The smallest absolute Gasteiger partial charge is 0.410 e. The van der Waals surface area contributed by atoms with Crippen molar-refractivity contribution in [2.75, 3.05) is 47.8 Å². The molecule has 0 fully saturated rings. The van der Waals surface area contributed by atoms with Crippen LogP contribution in [0, 0.1) is 0 Å². The molecular weight excluding hydrogens is 482 g/mol. The summed E-state index contributed by atoms with van der Waals surface area (Å²) < 4.78 is 5.31. The van der Waals surface area contributed by atoms with E-state index in [9.17, 15) is 28.8 Å². The quantitative estimate of drug-likeness (QED) is 0.278. The first-order valence-electron chi connectivity index (χ1n) is 12.4. The number of imide groups is 1. The van der Waals surface area contributed by atoms with Gasteiger partial charge in [0.2, 0.25) is 17.7 Å². The van der Waals surface area contributed by atoms with Crippen molar-refractivity contribution >= 4 is 35.6 Å². The van der Waals surface area contributed by atoms with Crippen LogP contribution in [0.1, 0.15) is 52.9 Å². The highest BCUT2D eigenvalue weighted by molar-refractivity contribution is 6.12. The van der Waals surface area contributed by atoms with Crippen LogP contribution >= 0.6 is 0 Å². The molecule has 0 saturated heterocycles. The second-order valence-corrected chi connectivity index (χ2v) is 10.0. The third-order valence-electron chi connectivity index (χ3n) is 5.83. The van der Waals surface area contributed by atoms with Crippen molar-refractivity contribution in [1.82, 2.24) is 24.9 Å². The molecule has 0 aliphatic carbocycles. The van der Waals surface area contributed by atoms with E-state index in [-0.39, 0.29) is 56.1 Å². The van der Waals surface area contributed by atoms with Gasteiger partial charge in [-0.05, 0) is 33.6 Å². The van der Waals surface area contributed by atoms with E-state index in [1.165, 1.54) is 40.9 Å². The van der Waals surface area contributed by atoms with Crippen LogP contribution in [0.25, 0.3) is 0 Å². The summed E-state index contributed by atoms with van der Waals surface area (Å²) >= 11 is 0. The van der Waals surface area contributed by atoms with Gasteiger partial charge in [0, 0.05) is 66.4 Å². The van der Waals surface area contributed by atoms with Crippen LogP contribution in [-0.2, 0) is 28.7 Å². The number of ether oxygens (including phenoxy) is 1. The Morgan fingerprint density at radius 2 is 1.51 bits per heavy atom. The lowest BCUT2D eigenvalue weighted by atomic mass is 10.1. The Kier molecular flexibility index (Phi) is 12.2. The van der Waals surface area contributed by atoms with Gasteiger partial charge in [-0.15, -0.1) is 0 Å². The van der Waals surface area contributed by atoms with Crippen LogP contribution in [0.3, 0.4) is 0 Å². The van der Waals surface area contributed by atoms with Crippen LogP contribution in [0.4, 0.5) is 4.79 Å². The fourth-order valence-electron chi connectivity index (χ4n) is 3.49. The highest BCUT2D eigenvalue weighted by Crippen LogP contribution is 2.13. The van der Waals surface area contributed by atoms with Crippen molar-refractivity contribution in [2.45, 2.75) is 64.5 Å². The predicted octanol–water partition coefficient (Wildman–Crippen LogP) is 0.760. The fourth-order valence-corrected chi connectivity index (χ4v) is 3.49. The molecule has 0 aromatic carbocycles. The number of amides is 6. The number of likely N-dealkylation sites (N-methyl/N-ethyl adjacent to an activating group) is 3. The van der Waals surface area contributed by atoms with E-state index in [0.29, 0.717) is 19.3 Å². The van der Waals surface area contributed by atoms with Crippen LogP contribution in [0.15, 0.2) is 12.2 Å².